The van der Waals surface area contributed by atoms with Crippen LogP contribution in [-0.2, 0) is 11.2 Å². The molecule has 1 aromatic carbocycles. The minimum absolute atomic E-state index is 0.103. The molecule has 0 saturated carbocycles. The summed E-state index contributed by atoms with van der Waals surface area (Å²) in [5, 5.41) is 3.07. The summed E-state index contributed by atoms with van der Waals surface area (Å²) in [5.74, 6) is -0.355. The molecule has 0 amide bonds. The van der Waals surface area contributed by atoms with Gasteiger partial charge in [-0.15, -0.1) is 0 Å². The van der Waals surface area contributed by atoms with Crippen LogP contribution in [0.5, 0.6) is 0 Å². The van der Waals surface area contributed by atoms with E-state index in [9.17, 15) is 17.6 Å². The Labute approximate surface area is 116 Å². The summed E-state index contributed by atoms with van der Waals surface area (Å²) in [5.41, 5.74) is 0.469. The van der Waals surface area contributed by atoms with E-state index in [0.717, 1.165) is 6.42 Å². The fraction of sp³-hybridized carbons (Fsp3) is 0.571. The molecule has 0 spiro atoms. The standard InChI is InChI=1S/C14H19F4NO/c1-2-7-19-12(9-20-10-14(16,17)18)8-11-5-3-4-6-13(11)15/h3-6,12,19H,2,7-10H2,1H3. The summed E-state index contributed by atoms with van der Waals surface area (Å²) in [4.78, 5) is 0. The van der Waals surface area contributed by atoms with Crippen LogP contribution in [0.1, 0.15) is 18.9 Å². The highest BCUT2D eigenvalue weighted by atomic mass is 19.4. The number of alkyl halides is 3. The highest BCUT2D eigenvalue weighted by Crippen LogP contribution is 2.15. The van der Waals surface area contributed by atoms with Gasteiger partial charge in [0.1, 0.15) is 12.4 Å². The normalized spacial score (nSPS) is 13.4. The van der Waals surface area contributed by atoms with Gasteiger partial charge in [-0.25, -0.2) is 4.39 Å². The van der Waals surface area contributed by atoms with Gasteiger partial charge >= 0.3 is 6.18 Å². The van der Waals surface area contributed by atoms with Crippen molar-refractivity contribution in [3.63, 3.8) is 0 Å². The average molecular weight is 293 g/mol. The molecule has 0 bridgehead atoms. The maximum atomic E-state index is 13.5. The van der Waals surface area contributed by atoms with Crippen molar-refractivity contribution in [2.24, 2.45) is 0 Å². The number of benzene rings is 1. The molecule has 0 aliphatic heterocycles. The van der Waals surface area contributed by atoms with Crippen molar-refractivity contribution in [3.05, 3.63) is 35.6 Å². The van der Waals surface area contributed by atoms with Gasteiger partial charge in [0.25, 0.3) is 0 Å². The maximum absolute atomic E-state index is 13.5. The lowest BCUT2D eigenvalue weighted by Crippen LogP contribution is -2.37. The number of nitrogens with one attached hydrogen (secondary N) is 1. The van der Waals surface area contributed by atoms with Gasteiger partial charge in [-0.1, -0.05) is 25.1 Å². The van der Waals surface area contributed by atoms with Crippen LogP contribution in [0.15, 0.2) is 24.3 Å². The van der Waals surface area contributed by atoms with E-state index in [1.54, 1.807) is 18.2 Å². The quantitative estimate of drug-likeness (QED) is 0.742. The second-order valence-corrected chi connectivity index (χ2v) is 4.58. The maximum Gasteiger partial charge on any atom is 0.411 e. The van der Waals surface area contributed by atoms with Gasteiger partial charge in [0.15, 0.2) is 0 Å². The molecule has 1 unspecified atom stereocenters. The zero-order chi connectivity index (χ0) is 15.0. The lowest BCUT2D eigenvalue weighted by atomic mass is 10.1. The predicted molar refractivity (Wildman–Crippen MR) is 69.1 cm³/mol. The van der Waals surface area contributed by atoms with Gasteiger partial charge in [0, 0.05) is 6.04 Å². The molecule has 0 aliphatic rings. The highest BCUT2D eigenvalue weighted by molar-refractivity contribution is 5.18. The molecule has 6 heteroatoms. The lowest BCUT2D eigenvalue weighted by molar-refractivity contribution is -0.175. The third-order valence-corrected chi connectivity index (χ3v) is 2.69. The Morgan fingerprint density at radius 2 is 1.95 bits per heavy atom. The van der Waals surface area contributed by atoms with Crippen molar-refractivity contribution >= 4 is 0 Å². The third-order valence-electron chi connectivity index (χ3n) is 2.69. The zero-order valence-corrected chi connectivity index (χ0v) is 11.3. The first-order chi connectivity index (χ1) is 9.42. The first-order valence-electron chi connectivity index (χ1n) is 6.53. The molecule has 0 saturated heterocycles. The van der Waals surface area contributed by atoms with Crippen molar-refractivity contribution in [2.45, 2.75) is 32.0 Å². The Morgan fingerprint density at radius 1 is 1.25 bits per heavy atom. The summed E-state index contributed by atoms with van der Waals surface area (Å²) in [6, 6.07) is 5.90. The fourth-order valence-corrected chi connectivity index (χ4v) is 1.78. The summed E-state index contributed by atoms with van der Waals surface area (Å²) >= 11 is 0. The molecule has 0 radical (unpaired) electrons. The molecule has 0 aromatic heterocycles. The zero-order valence-electron chi connectivity index (χ0n) is 11.3. The van der Waals surface area contributed by atoms with Crippen LogP contribution in [0.4, 0.5) is 17.6 Å². The number of hydrogen-bond acceptors (Lipinski definition) is 2. The first-order valence-corrected chi connectivity index (χ1v) is 6.53. The summed E-state index contributed by atoms with van der Waals surface area (Å²) < 4.78 is 54.3. The summed E-state index contributed by atoms with van der Waals surface area (Å²) in [6.45, 7) is 1.21. The Balaban J connectivity index is 2.53. The van der Waals surface area contributed by atoms with Gasteiger partial charge in [-0.05, 0) is 31.0 Å². The van der Waals surface area contributed by atoms with Gasteiger partial charge in [-0.2, -0.15) is 13.2 Å². The molecular formula is C14H19F4NO. The van der Waals surface area contributed by atoms with E-state index < -0.39 is 12.8 Å². The summed E-state index contributed by atoms with van der Waals surface area (Å²) in [6.07, 6.45) is -3.20. The van der Waals surface area contributed by atoms with Crippen molar-refractivity contribution in [3.8, 4) is 0 Å². The molecule has 0 aliphatic carbocycles. The highest BCUT2D eigenvalue weighted by Gasteiger charge is 2.28. The van der Waals surface area contributed by atoms with Crippen LogP contribution in [0.2, 0.25) is 0 Å². The summed E-state index contributed by atoms with van der Waals surface area (Å²) in [7, 11) is 0. The molecule has 1 N–H and O–H groups in total. The lowest BCUT2D eigenvalue weighted by Gasteiger charge is -2.19. The van der Waals surface area contributed by atoms with Crippen LogP contribution in [0, 0.1) is 5.82 Å². The van der Waals surface area contributed by atoms with Crippen LogP contribution < -0.4 is 5.32 Å². The Hall–Kier alpha value is -1.14. The monoisotopic (exact) mass is 293 g/mol. The number of rotatable bonds is 8. The minimum Gasteiger partial charge on any atom is -0.370 e. The number of halogens is 4. The van der Waals surface area contributed by atoms with E-state index in [1.807, 2.05) is 6.92 Å². The number of hydrogen-bond donors (Lipinski definition) is 1. The van der Waals surface area contributed by atoms with Crippen molar-refractivity contribution in [2.75, 3.05) is 19.8 Å². The van der Waals surface area contributed by atoms with Crippen LogP contribution in [-0.4, -0.2) is 32.0 Å². The van der Waals surface area contributed by atoms with E-state index in [-0.39, 0.29) is 18.5 Å². The topological polar surface area (TPSA) is 21.3 Å². The molecule has 0 heterocycles. The first kappa shape index (κ1) is 16.9. The number of ether oxygens (including phenoxy) is 1. The van der Waals surface area contributed by atoms with E-state index in [2.05, 4.69) is 10.1 Å². The van der Waals surface area contributed by atoms with Crippen molar-refractivity contribution < 1.29 is 22.3 Å². The van der Waals surface area contributed by atoms with E-state index in [0.29, 0.717) is 18.5 Å². The van der Waals surface area contributed by atoms with Gasteiger partial charge in [0.05, 0.1) is 6.61 Å². The van der Waals surface area contributed by atoms with E-state index in [4.69, 9.17) is 0 Å². The van der Waals surface area contributed by atoms with Crippen molar-refractivity contribution in [1.29, 1.82) is 0 Å². The second-order valence-electron chi connectivity index (χ2n) is 4.58. The molecule has 2 nitrogen and oxygen atoms in total. The Morgan fingerprint density at radius 3 is 2.55 bits per heavy atom. The molecule has 1 aromatic rings. The van der Waals surface area contributed by atoms with Crippen LogP contribution in [0.25, 0.3) is 0 Å². The molecule has 114 valence electrons. The molecule has 1 atom stereocenters. The molecular weight excluding hydrogens is 274 g/mol. The van der Waals surface area contributed by atoms with Gasteiger partial charge < -0.3 is 10.1 Å². The van der Waals surface area contributed by atoms with Crippen LogP contribution >= 0.6 is 0 Å². The average Bonchev–Trinajstić information content (AvgIpc) is 2.36. The minimum atomic E-state index is -4.34. The largest absolute Gasteiger partial charge is 0.411 e. The van der Waals surface area contributed by atoms with Crippen molar-refractivity contribution in [1.82, 2.24) is 5.32 Å². The van der Waals surface area contributed by atoms with E-state index in [1.165, 1.54) is 6.07 Å². The molecule has 20 heavy (non-hydrogen) atoms. The van der Waals surface area contributed by atoms with E-state index >= 15 is 0 Å². The Bertz CT molecular complexity index is 395. The smallest absolute Gasteiger partial charge is 0.370 e. The van der Waals surface area contributed by atoms with Gasteiger partial charge in [-0.3, -0.25) is 0 Å². The van der Waals surface area contributed by atoms with Gasteiger partial charge in [0.2, 0.25) is 0 Å². The predicted octanol–water partition coefficient (Wildman–Crippen LogP) is 3.32. The SMILES string of the molecule is CCCNC(COCC(F)(F)F)Cc1ccccc1F. The third kappa shape index (κ3) is 6.86. The molecule has 0 fully saturated rings. The second kappa shape index (κ2) is 8.21. The Kier molecular flexibility index (Phi) is 6.95. The molecule has 1 rings (SSSR count). The van der Waals surface area contributed by atoms with Crippen LogP contribution in [0.3, 0.4) is 0 Å². The fourth-order valence-electron chi connectivity index (χ4n) is 1.78.